The maximum Gasteiger partial charge on any atom is 0.320 e. The molecule has 0 amide bonds. The fourth-order valence-corrected chi connectivity index (χ4v) is 3.30. The van der Waals surface area contributed by atoms with E-state index in [1.807, 2.05) is 46.4 Å². The molecule has 8 nitrogen and oxygen atoms in total. The number of esters is 2. The van der Waals surface area contributed by atoms with Crippen molar-refractivity contribution in [1.29, 1.82) is 0 Å². The number of carbonyl (C=O) groups is 2. The molecule has 1 aliphatic heterocycles. The number of rotatable bonds is 5. The molecule has 31 heavy (non-hydrogen) atoms. The maximum absolute atomic E-state index is 12.4. The maximum atomic E-state index is 12.4. The van der Waals surface area contributed by atoms with Gasteiger partial charge in [-0.15, -0.1) is 0 Å². The highest BCUT2D eigenvalue weighted by Crippen LogP contribution is 2.09. The third-order valence-electron chi connectivity index (χ3n) is 4.86. The van der Waals surface area contributed by atoms with E-state index in [9.17, 15) is 9.59 Å². The predicted octanol–water partition coefficient (Wildman–Crippen LogP) is 1.58. The topological polar surface area (TPSA) is 65.6 Å². The summed E-state index contributed by atoms with van der Waals surface area (Å²) in [6, 6.07) is 0. The lowest BCUT2D eigenvalue weighted by Crippen LogP contribution is -2.47. The fourth-order valence-electron chi connectivity index (χ4n) is 3.30. The van der Waals surface area contributed by atoms with Gasteiger partial charge in [0.25, 0.3) is 0 Å². The van der Waals surface area contributed by atoms with E-state index in [1.54, 1.807) is 0 Å². The summed E-state index contributed by atoms with van der Waals surface area (Å²) in [5.74, 6) is -0.478. The third-order valence-corrected chi connectivity index (χ3v) is 4.86. The van der Waals surface area contributed by atoms with Crippen LogP contribution in [0, 0.1) is 7.05 Å². The molecule has 1 rings (SSSR count). The van der Waals surface area contributed by atoms with E-state index in [1.165, 1.54) is 0 Å². The van der Waals surface area contributed by atoms with Crippen molar-refractivity contribution >= 4 is 11.9 Å². The summed E-state index contributed by atoms with van der Waals surface area (Å²) in [7, 11) is 6.17. The molecule has 0 unspecified atom stereocenters. The first kappa shape index (κ1) is 27.8. The summed E-state index contributed by atoms with van der Waals surface area (Å²) in [4.78, 5) is 33.1. The van der Waals surface area contributed by atoms with Crippen LogP contribution in [0.5, 0.6) is 0 Å². The summed E-state index contributed by atoms with van der Waals surface area (Å²) in [5, 5.41) is 0. The monoisotopic (exact) mass is 440 g/mol. The van der Waals surface area contributed by atoms with Crippen LogP contribution in [-0.2, 0) is 19.1 Å². The molecule has 2 radical (unpaired) electrons. The van der Waals surface area contributed by atoms with Crippen LogP contribution in [0.2, 0.25) is 0 Å². The summed E-state index contributed by atoms with van der Waals surface area (Å²) >= 11 is 0. The SMILES string of the molecule is [CH]N1CCN(CC)CCN(CC(=O)OC(C)(C)C)CCN(CC(=O)OC(C)(C)C)CC1. The fraction of sp³-hybridized carbons (Fsp3) is 0.870. The Kier molecular flexibility index (Phi) is 11.4. The Balaban J connectivity index is 2.83. The molecule has 0 spiro atoms. The zero-order chi connectivity index (χ0) is 23.7. The largest absolute Gasteiger partial charge is 0.459 e. The van der Waals surface area contributed by atoms with Gasteiger partial charge in [0, 0.05) is 59.4 Å². The standard InChI is InChI=1S/C23H44N4O4/c1-9-25-12-10-24(8)11-13-26(18-20(28)30-22(2,3)4)16-17-27(15-14-25)19-21(29)31-23(5,6)7/h8H,9-19H2,1-7H3. The minimum absolute atomic E-state index is 0.201. The Bertz CT molecular complexity index is 557. The molecular formula is C23H44N4O4. The highest BCUT2D eigenvalue weighted by atomic mass is 16.6. The van der Waals surface area contributed by atoms with E-state index < -0.39 is 11.2 Å². The minimum atomic E-state index is -0.518. The molecule has 0 N–H and O–H groups in total. The van der Waals surface area contributed by atoms with Gasteiger partial charge in [-0.05, 0) is 48.1 Å². The van der Waals surface area contributed by atoms with Crippen LogP contribution in [0.25, 0.3) is 0 Å². The molecule has 1 aliphatic rings. The van der Waals surface area contributed by atoms with E-state index in [2.05, 4.69) is 21.6 Å². The summed E-state index contributed by atoms with van der Waals surface area (Å²) < 4.78 is 11.0. The van der Waals surface area contributed by atoms with Crippen LogP contribution in [0.1, 0.15) is 48.5 Å². The number of hydrogen-bond acceptors (Lipinski definition) is 8. The quantitative estimate of drug-likeness (QED) is 0.597. The van der Waals surface area contributed by atoms with Gasteiger partial charge in [0.15, 0.2) is 0 Å². The summed E-state index contributed by atoms with van der Waals surface area (Å²) in [5.41, 5.74) is -1.03. The Hall–Kier alpha value is -1.22. The second-order valence-corrected chi connectivity index (χ2v) is 10.2. The Morgan fingerprint density at radius 1 is 0.677 bits per heavy atom. The lowest BCUT2D eigenvalue weighted by Gasteiger charge is -2.33. The normalized spacial score (nSPS) is 20.0. The Labute approximate surface area is 189 Å². The molecule has 1 heterocycles. The molecule has 0 aliphatic carbocycles. The Morgan fingerprint density at radius 3 is 1.35 bits per heavy atom. The van der Waals surface area contributed by atoms with E-state index in [0.717, 1.165) is 32.7 Å². The number of ether oxygens (including phenoxy) is 2. The van der Waals surface area contributed by atoms with Crippen molar-refractivity contribution in [3.8, 4) is 0 Å². The van der Waals surface area contributed by atoms with Crippen LogP contribution in [0.4, 0.5) is 0 Å². The molecule has 180 valence electrons. The summed E-state index contributed by atoms with van der Waals surface area (Å²) in [6.07, 6.45) is 0. The van der Waals surface area contributed by atoms with Gasteiger partial charge in [-0.2, -0.15) is 0 Å². The molecule has 0 saturated carbocycles. The molecule has 0 aromatic rings. The second kappa shape index (κ2) is 12.7. The van der Waals surface area contributed by atoms with Crippen molar-refractivity contribution in [3.63, 3.8) is 0 Å². The molecule has 8 heteroatoms. The van der Waals surface area contributed by atoms with Gasteiger partial charge >= 0.3 is 11.9 Å². The van der Waals surface area contributed by atoms with Gasteiger partial charge in [0.2, 0.25) is 0 Å². The molecule has 0 aromatic heterocycles. The van der Waals surface area contributed by atoms with Gasteiger partial charge in [-0.25, -0.2) is 0 Å². The second-order valence-electron chi connectivity index (χ2n) is 10.2. The predicted molar refractivity (Wildman–Crippen MR) is 123 cm³/mol. The molecular weight excluding hydrogens is 396 g/mol. The van der Waals surface area contributed by atoms with Crippen LogP contribution >= 0.6 is 0 Å². The molecule has 0 atom stereocenters. The zero-order valence-corrected chi connectivity index (χ0v) is 20.8. The van der Waals surface area contributed by atoms with E-state index >= 15 is 0 Å². The zero-order valence-electron chi connectivity index (χ0n) is 20.8. The average molecular weight is 441 g/mol. The van der Waals surface area contributed by atoms with Crippen molar-refractivity contribution < 1.29 is 19.1 Å². The first-order valence-electron chi connectivity index (χ1n) is 11.4. The van der Waals surface area contributed by atoms with E-state index in [4.69, 9.17) is 16.5 Å². The number of hydrogen-bond donors (Lipinski definition) is 0. The van der Waals surface area contributed by atoms with E-state index in [-0.39, 0.29) is 25.0 Å². The molecule has 1 saturated heterocycles. The molecule has 1 fully saturated rings. The number of likely N-dealkylation sites (N-methyl/N-ethyl adjacent to an activating group) is 1. The first-order valence-corrected chi connectivity index (χ1v) is 11.4. The van der Waals surface area contributed by atoms with Crippen molar-refractivity contribution in [2.45, 2.75) is 59.7 Å². The Morgan fingerprint density at radius 2 is 1.00 bits per heavy atom. The van der Waals surface area contributed by atoms with Crippen LogP contribution in [0.15, 0.2) is 0 Å². The smallest absolute Gasteiger partial charge is 0.320 e. The minimum Gasteiger partial charge on any atom is -0.459 e. The summed E-state index contributed by atoms with van der Waals surface area (Å²) in [6.45, 7) is 20.5. The van der Waals surface area contributed by atoms with Crippen molar-refractivity contribution in [1.82, 2.24) is 19.6 Å². The van der Waals surface area contributed by atoms with Gasteiger partial charge in [-0.1, -0.05) is 6.92 Å². The lowest BCUT2D eigenvalue weighted by molar-refractivity contribution is -0.158. The van der Waals surface area contributed by atoms with Gasteiger partial charge in [0.1, 0.15) is 11.2 Å². The number of nitrogens with zero attached hydrogens (tertiary/aromatic N) is 4. The van der Waals surface area contributed by atoms with Crippen molar-refractivity contribution in [2.24, 2.45) is 0 Å². The van der Waals surface area contributed by atoms with Gasteiger partial charge in [-0.3, -0.25) is 24.3 Å². The third kappa shape index (κ3) is 13.7. The van der Waals surface area contributed by atoms with Gasteiger partial charge < -0.3 is 14.4 Å². The average Bonchev–Trinajstić information content (AvgIpc) is 2.59. The first-order chi connectivity index (χ1) is 14.3. The van der Waals surface area contributed by atoms with Gasteiger partial charge in [0.05, 0.1) is 13.1 Å². The highest BCUT2D eigenvalue weighted by Gasteiger charge is 2.23. The number of carbonyl (C=O) groups excluding carboxylic acids is 2. The highest BCUT2D eigenvalue weighted by molar-refractivity contribution is 5.72. The van der Waals surface area contributed by atoms with Crippen LogP contribution in [-0.4, -0.2) is 115 Å². The van der Waals surface area contributed by atoms with Crippen molar-refractivity contribution in [3.05, 3.63) is 7.05 Å². The van der Waals surface area contributed by atoms with E-state index in [0.29, 0.717) is 26.2 Å². The van der Waals surface area contributed by atoms with Crippen LogP contribution in [0.3, 0.4) is 0 Å². The lowest BCUT2D eigenvalue weighted by atomic mass is 10.2. The molecule has 0 aromatic carbocycles. The molecule has 0 bridgehead atoms. The van der Waals surface area contributed by atoms with Crippen LogP contribution < -0.4 is 0 Å². The van der Waals surface area contributed by atoms with Crippen molar-refractivity contribution in [2.75, 3.05) is 72.0 Å².